The van der Waals surface area contributed by atoms with E-state index in [1.807, 2.05) is 83.1 Å². The first-order valence-electron chi connectivity index (χ1n) is 12.6. The number of ether oxygens (including phenoxy) is 1. The Bertz CT molecular complexity index is 1420. The van der Waals surface area contributed by atoms with E-state index in [9.17, 15) is 9.59 Å². The lowest BCUT2D eigenvalue weighted by Gasteiger charge is -2.36. The van der Waals surface area contributed by atoms with Crippen molar-refractivity contribution < 1.29 is 14.3 Å². The van der Waals surface area contributed by atoms with Crippen LogP contribution in [-0.2, 0) is 6.61 Å². The van der Waals surface area contributed by atoms with Crippen molar-refractivity contribution in [2.24, 2.45) is 0 Å². The van der Waals surface area contributed by atoms with Gasteiger partial charge in [0.15, 0.2) is 5.11 Å². The fraction of sp³-hybridized carbons (Fsp3) is 0.167. The van der Waals surface area contributed by atoms with Gasteiger partial charge in [0.1, 0.15) is 12.4 Å². The van der Waals surface area contributed by atoms with Crippen LogP contribution in [0.15, 0.2) is 96.4 Å². The third kappa shape index (κ3) is 7.01. The Morgan fingerprint density at radius 2 is 1.64 bits per heavy atom. The summed E-state index contributed by atoms with van der Waals surface area (Å²) in [5.41, 5.74) is 3.36. The number of hydrogen-bond donors (Lipinski definition) is 2. The highest BCUT2D eigenvalue weighted by atomic mass is 32.1. The third-order valence-electron chi connectivity index (χ3n) is 6.36. The molecule has 0 atom stereocenters. The highest BCUT2D eigenvalue weighted by molar-refractivity contribution is 7.80. The molecule has 0 aliphatic carbocycles. The Kier molecular flexibility index (Phi) is 8.50. The van der Waals surface area contributed by atoms with Gasteiger partial charge in [-0.2, -0.15) is 0 Å². The molecule has 4 aromatic rings. The average Bonchev–Trinajstić information content (AvgIpc) is 3.52. The van der Waals surface area contributed by atoms with Crippen LogP contribution in [-0.4, -0.2) is 48.0 Å². The van der Waals surface area contributed by atoms with E-state index in [4.69, 9.17) is 17.0 Å². The SMILES string of the molecule is O=C(NC(=S)Nc1ccc(N2CCN(C(=O)c3cccs3)CC2)cc1)c1cccc(OCc2ccccc2)c1. The predicted octanol–water partition coefficient (Wildman–Crippen LogP) is 5.42. The Labute approximate surface area is 237 Å². The van der Waals surface area contributed by atoms with Crippen LogP contribution >= 0.6 is 23.6 Å². The maximum atomic E-state index is 12.8. The fourth-order valence-corrected chi connectivity index (χ4v) is 5.19. The van der Waals surface area contributed by atoms with Crippen molar-refractivity contribution in [3.8, 4) is 5.75 Å². The smallest absolute Gasteiger partial charge is 0.264 e. The summed E-state index contributed by atoms with van der Waals surface area (Å²) < 4.78 is 5.83. The zero-order chi connectivity index (χ0) is 27.0. The first-order chi connectivity index (χ1) is 19.0. The number of carbonyl (C=O) groups is 2. The van der Waals surface area contributed by atoms with Crippen molar-refractivity contribution >= 4 is 51.9 Å². The Morgan fingerprint density at radius 1 is 0.872 bits per heavy atom. The van der Waals surface area contributed by atoms with Crippen LogP contribution < -0.4 is 20.3 Å². The minimum atomic E-state index is -0.316. The van der Waals surface area contributed by atoms with Gasteiger partial charge in [-0.05, 0) is 71.7 Å². The lowest BCUT2D eigenvalue weighted by atomic mass is 10.2. The summed E-state index contributed by atoms with van der Waals surface area (Å²) in [6, 6.07) is 28.5. The number of anilines is 2. The van der Waals surface area contributed by atoms with Crippen LogP contribution in [0.3, 0.4) is 0 Å². The number of benzene rings is 3. The van der Waals surface area contributed by atoms with E-state index >= 15 is 0 Å². The molecule has 1 aliphatic rings. The van der Waals surface area contributed by atoms with Crippen molar-refractivity contribution in [2.75, 3.05) is 36.4 Å². The van der Waals surface area contributed by atoms with Gasteiger partial charge in [0.2, 0.25) is 0 Å². The van der Waals surface area contributed by atoms with Gasteiger partial charge < -0.3 is 19.9 Å². The second kappa shape index (κ2) is 12.6. The molecule has 1 aromatic heterocycles. The Balaban J connectivity index is 1.09. The van der Waals surface area contributed by atoms with Gasteiger partial charge in [0.05, 0.1) is 4.88 Å². The van der Waals surface area contributed by atoms with Gasteiger partial charge in [-0.3, -0.25) is 14.9 Å². The van der Waals surface area contributed by atoms with Crippen molar-refractivity contribution in [2.45, 2.75) is 6.61 Å². The molecular weight excluding hydrogens is 528 g/mol. The maximum absolute atomic E-state index is 12.8. The molecule has 5 rings (SSSR count). The highest BCUT2D eigenvalue weighted by Crippen LogP contribution is 2.21. The van der Waals surface area contributed by atoms with Crippen LogP contribution in [0, 0.1) is 0 Å². The molecule has 9 heteroatoms. The lowest BCUT2D eigenvalue weighted by molar-refractivity contribution is 0.0751. The Hall–Kier alpha value is -4.21. The van der Waals surface area contributed by atoms with Crippen LogP contribution in [0.4, 0.5) is 11.4 Å². The van der Waals surface area contributed by atoms with Crippen molar-refractivity contribution in [1.29, 1.82) is 0 Å². The number of amides is 2. The molecule has 2 heterocycles. The van der Waals surface area contributed by atoms with Crippen molar-refractivity contribution in [3.05, 3.63) is 112 Å². The van der Waals surface area contributed by atoms with E-state index in [0.717, 1.165) is 34.9 Å². The summed E-state index contributed by atoms with van der Waals surface area (Å²) in [5.74, 6) is 0.396. The molecule has 1 fully saturated rings. The average molecular weight is 557 g/mol. The molecule has 2 amide bonds. The molecule has 0 spiro atoms. The van der Waals surface area contributed by atoms with E-state index in [1.54, 1.807) is 18.2 Å². The molecule has 3 aromatic carbocycles. The molecule has 0 saturated carbocycles. The summed E-state index contributed by atoms with van der Waals surface area (Å²) >= 11 is 6.85. The molecule has 7 nitrogen and oxygen atoms in total. The standard InChI is InChI=1S/C30H28N4O3S2/c35-28(23-8-4-9-26(20-23)37-21-22-6-2-1-3-7-22)32-30(38)31-24-11-13-25(14-12-24)33-15-17-34(18-16-33)29(36)27-10-5-19-39-27/h1-14,19-20H,15-18,21H2,(H2,31,32,35,38). The fourth-order valence-electron chi connectivity index (χ4n) is 4.29. The minimum Gasteiger partial charge on any atom is -0.489 e. The van der Waals surface area contributed by atoms with Crippen LogP contribution in [0.1, 0.15) is 25.6 Å². The summed E-state index contributed by atoms with van der Waals surface area (Å²) in [5, 5.41) is 7.94. The second-order valence-electron chi connectivity index (χ2n) is 9.01. The van der Waals surface area contributed by atoms with Gasteiger partial charge in [-0.15, -0.1) is 11.3 Å². The summed E-state index contributed by atoms with van der Waals surface area (Å²) in [6.45, 7) is 3.33. The number of thiophene rings is 1. The topological polar surface area (TPSA) is 73.9 Å². The molecule has 39 heavy (non-hydrogen) atoms. The van der Waals surface area contributed by atoms with E-state index in [0.29, 0.717) is 31.0 Å². The number of thiocarbonyl (C=S) groups is 1. The molecule has 0 radical (unpaired) electrons. The highest BCUT2D eigenvalue weighted by Gasteiger charge is 2.22. The summed E-state index contributed by atoms with van der Waals surface area (Å²) in [7, 11) is 0. The van der Waals surface area contributed by atoms with E-state index in [-0.39, 0.29) is 16.9 Å². The van der Waals surface area contributed by atoms with Gasteiger partial charge >= 0.3 is 0 Å². The Morgan fingerprint density at radius 3 is 2.36 bits per heavy atom. The molecule has 0 bridgehead atoms. The van der Waals surface area contributed by atoms with Crippen LogP contribution in [0.25, 0.3) is 0 Å². The maximum Gasteiger partial charge on any atom is 0.264 e. The third-order valence-corrected chi connectivity index (χ3v) is 7.42. The van der Waals surface area contributed by atoms with E-state index < -0.39 is 0 Å². The van der Waals surface area contributed by atoms with E-state index in [2.05, 4.69) is 15.5 Å². The molecule has 1 aliphatic heterocycles. The zero-order valence-electron chi connectivity index (χ0n) is 21.2. The van der Waals surface area contributed by atoms with Crippen molar-refractivity contribution in [3.63, 3.8) is 0 Å². The predicted molar refractivity (Wildman–Crippen MR) is 160 cm³/mol. The molecule has 1 saturated heterocycles. The number of rotatable bonds is 7. The summed E-state index contributed by atoms with van der Waals surface area (Å²) in [6.07, 6.45) is 0. The quantitative estimate of drug-likeness (QED) is 0.296. The first kappa shape index (κ1) is 26.4. The largest absolute Gasteiger partial charge is 0.489 e. The molecule has 0 unspecified atom stereocenters. The van der Waals surface area contributed by atoms with Gasteiger partial charge in [-0.25, -0.2) is 0 Å². The van der Waals surface area contributed by atoms with Crippen LogP contribution in [0.5, 0.6) is 5.75 Å². The summed E-state index contributed by atoms with van der Waals surface area (Å²) in [4.78, 5) is 30.3. The number of hydrogen-bond acceptors (Lipinski definition) is 6. The number of piperazine rings is 1. The monoisotopic (exact) mass is 556 g/mol. The van der Waals surface area contributed by atoms with Gasteiger partial charge in [0.25, 0.3) is 11.8 Å². The zero-order valence-corrected chi connectivity index (χ0v) is 22.8. The second-order valence-corrected chi connectivity index (χ2v) is 10.4. The lowest BCUT2D eigenvalue weighted by Crippen LogP contribution is -2.48. The molecule has 2 N–H and O–H groups in total. The first-order valence-corrected chi connectivity index (χ1v) is 13.9. The van der Waals surface area contributed by atoms with E-state index in [1.165, 1.54) is 11.3 Å². The van der Waals surface area contributed by atoms with Crippen LogP contribution in [0.2, 0.25) is 0 Å². The van der Waals surface area contributed by atoms with Crippen molar-refractivity contribution in [1.82, 2.24) is 10.2 Å². The molecule has 198 valence electrons. The number of carbonyl (C=O) groups excluding carboxylic acids is 2. The number of nitrogens with one attached hydrogen (secondary N) is 2. The minimum absolute atomic E-state index is 0.103. The normalized spacial score (nSPS) is 13.0. The van der Waals surface area contributed by atoms with Gasteiger partial charge in [0, 0.05) is 43.1 Å². The van der Waals surface area contributed by atoms with Gasteiger partial charge in [-0.1, -0.05) is 42.5 Å². The number of nitrogens with zero attached hydrogens (tertiary/aromatic N) is 2. The molecular formula is C30H28N4O3S2.